The maximum absolute atomic E-state index is 12.1. The van der Waals surface area contributed by atoms with E-state index in [0.29, 0.717) is 24.4 Å². The van der Waals surface area contributed by atoms with Gasteiger partial charge in [0.2, 0.25) is 5.91 Å². The molecule has 3 N–H and O–H groups in total. The number of rotatable bonds is 5. The van der Waals surface area contributed by atoms with Crippen molar-refractivity contribution in [2.45, 2.75) is 19.8 Å². The first kappa shape index (κ1) is 15.0. The van der Waals surface area contributed by atoms with E-state index in [1.54, 1.807) is 6.07 Å². The molecule has 0 bridgehead atoms. The summed E-state index contributed by atoms with van der Waals surface area (Å²) in [6.45, 7) is 4.59. The summed E-state index contributed by atoms with van der Waals surface area (Å²) >= 11 is 1.40. The highest BCUT2D eigenvalue weighted by molar-refractivity contribution is 7.12. The minimum atomic E-state index is -0.110. The summed E-state index contributed by atoms with van der Waals surface area (Å²) in [5.41, 5.74) is 5.78. The molecule has 5 nitrogen and oxygen atoms in total. The minimum Gasteiger partial charge on any atom is -0.351 e. The van der Waals surface area contributed by atoms with E-state index in [-0.39, 0.29) is 17.2 Å². The van der Waals surface area contributed by atoms with Crippen molar-refractivity contribution >= 4 is 23.2 Å². The Morgan fingerprint density at radius 3 is 2.95 bits per heavy atom. The lowest BCUT2D eigenvalue weighted by molar-refractivity contribution is -0.130. The van der Waals surface area contributed by atoms with Gasteiger partial charge in [-0.2, -0.15) is 0 Å². The van der Waals surface area contributed by atoms with Gasteiger partial charge in [-0.15, -0.1) is 11.3 Å². The van der Waals surface area contributed by atoms with Gasteiger partial charge in [0.15, 0.2) is 0 Å². The summed E-state index contributed by atoms with van der Waals surface area (Å²) in [6.07, 6.45) is 1.30. The highest BCUT2D eigenvalue weighted by atomic mass is 32.1. The molecule has 0 radical (unpaired) electrons. The second-order valence-electron chi connectivity index (χ2n) is 5.56. The first-order valence-corrected chi connectivity index (χ1v) is 7.72. The Kier molecular flexibility index (Phi) is 4.77. The van der Waals surface area contributed by atoms with Crippen LogP contribution >= 0.6 is 11.3 Å². The van der Waals surface area contributed by atoms with Crippen molar-refractivity contribution in [3.05, 3.63) is 22.4 Å². The van der Waals surface area contributed by atoms with Crippen LogP contribution in [-0.4, -0.2) is 42.9 Å². The molecule has 1 aromatic heterocycles. The first-order chi connectivity index (χ1) is 9.54. The van der Waals surface area contributed by atoms with Crippen molar-refractivity contribution in [3.63, 3.8) is 0 Å². The van der Waals surface area contributed by atoms with Crippen LogP contribution in [0.3, 0.4) is 0 Å². The predicted molar refractivity (Wildman–Crippen MR) is 79.6 cm³/mol. The van der Waals surface area contributed by atoms with Gasteiger partial charge < -0.3 is 16.0 Å². The van der Waals surface area contributed by atoms with Gasteiger partial charge in [-0.05, 0) is 29.8 Å². The number of nitrogens with zero attached hydrogens (tertiary/aromatic N) is 1. The van der Waals surface area contributed by atoms with Gasteiger partial charge in [0.05, 0.1) is 4.88 Å². The van der Waals surface area contributed by atoms with Gasteiger partial charge >= 0.3 is 0 Å². The maximum atomic E-state index is 12.1. The molecule has 0 aliphatic carbocycles. The molecule has 1 unspecified atom stereocenters. The number of carbonyl (C=O) groups is 2. The lowest BCUT2D eigenvalue weighted by Crippen LogP contribution is -2.36. The molecular weight excluding hydrogens is 274 g/mol. The number of hydrogen-bond donors (Lipinski definition) is 2. The Hall–Kier alpha value is -1.40. The van der Waals surface area contributed by atoms with Gasteiger partial charge in [0.25, 0.3) is 5.91 Å². The first-order valence-electron chi connectivity index (χ1n) is 6.84. The molecule has 2 amide bonds. The second-order valence-corrected chi connectivity index (χ2v) is 6.51. The van der Waals surface area contributed by atoms with Crippen LogP contribution in [0.1, 0.15) is 29.4 Å². The molecule has 1 fully saturated rings. The van der Waals surface area contributed by atoms with E-state index in [9.17, 15) is 9.59 Å². The third-order valence-electron chi connectivity index (χ3n) is 3.77. The molecule has 2 rings (SSSR count). The Labute approximate surface area is 123 Å². The van der Waals surface area contributed by atoms with Gasteiger partial charge in [-0.25, -0.2) is 0 Å². The fourth-order valence-electron chi connectivity index (χ4n) is 2.34. The zero-order valence-corrected chi connectivity index (χ0v) is 12.5. The van der Waals surface area contributed by atoms with E-state index in [4.69, 9.17) is 5.73 Å². The zero-order chi connectivity index (χ0) is 14.6. The average molecular weight is 295 g/mol. The van der Waals surface area contributed by atoms with Crippen molar-refractivity contribution in [3.8, 4) is 0 Å². The molecule has 1 aromatic rings. The van der Waals surface area contributed by atoms with Crippen LogP contribution in [0.25, 0.3) is 0 Å². The van der Waals surface area contributed by atoms with Crippen LogP contribution in [0.2, 0.25) is 0 Å². The molecule has 1 atom stereocenters. The third-order valence-corrected chi connectivity index (χ3v) is 4.64. The normalized spacial score (nSPS) is 22.0. The molecular formula is C14H21N3O2S. The van der Waals surface area contributed by atoms with Gasteiger partial charge in [0.1, 0.15) is 0 Å². The van der Waals surface area contributed by atoms with E-state index >= 15 is 0 Å². The fourth-order valence-corrected chi connectivity index (χ4v) is 2.98. The number of hydrogen-bond acceptors (Lipinski definition) is 4. The van der Waals surface area contributed by atoms with Crippen LogP contribution in [0, 0.1) is 5.41 Å². The average Bonchev–Trinajstić information content (AvgIpc) is 3.08. The molecule has 20 heavy (non-hydrogen) atoms. The van der Waals surface area contributed by atoms with Gasteiger partial charge in [-0.3, -0.25) is 9.59 Å². The number of amides is 2. The highest BCUT2D eigenvalue weighted by Crippen LogP contribution is 2.28. The van der Waals surface area contributed by atoms with Crippen LogP contribution in [0.5, 0.6) is 0 Å². The molecule has 1 saturated heterocycles. The monoisotopic (exact) mass is 295 g/mol. The summed E-state index contributed by atoms with van der Waals surface area (Å²) < 4.78 is 0. The van der Waals surface area contributed by atoms with Crippen molar-refractivity contribution in [2.75, 3.05) is 26.2 Å². The maximum Gasteiger partial charge on any atom is 0.261 e. The SMILES string of the molecule is CC1(CN)CCN(C(=O)CCNC(=O)c2cccs2)C1. The van der Waals surface area contributed by atoms with Crippen LogP contribution in [0.15, 0.2) is 17.5 Å². The smallest absolute Gasteiger partial charge is 0.261 e. The number of thiophene rings is 1. The summed E-state index contributed by atoms with van der Waals surface area (Å²) in [7, 11) is 0. The van der Waals surface area contributed by atoms with Gasteiger partial charge in [-0.1, -0.05) is 13.0 Å². The van der Waals surface area contributed by atoms with Gasteiger partial charge in [0, 0.05) is 26.1 Å². The van der Waals surface area contributed by atoms with E-state index in [0.717, 1.165) is 19.5 Å². The van der Waals surface area contributed by atoms with Crippen LogP contribution in [0.4, 0.5) is 0 Å². The molecule has 2 heterocycles. The fraction of sp³-hybridized carbons (Fsp3) is 0.571. The molecule has 0 saturated carbocycles. The molecule has 1 aliphatic rings. The topological polar surface area (TPSA) is 75.4 Å². The largest absolute Gasteiger partial charge is 0.351 e. The molecule has 110 valence electrons. The number of likely N-dealkylation sites (tertiary alicyclic amines) is 1. The molecule has 6 heteroatoms. The molecule has 1 aliphatic heterocycles. The molecule has 0 spiro atoms. The highest BCUT2D eigenvalue weighted by Gasteiger charge is 2.34. The predicted octanol–water partition coefficient (Wildman–Crippen LogP) is 1.07. The van der Waals surface area contributed by atoms with Crippen molar-refractivity contribution in [1.29, 1.82) is 0 Å². The van der Waals surface area contributed by atoms with E-state index in [1.807, 2.05) is 16.3 Å². The van der Waals surface area contributed by atoms with Crippen molar-refractivity contribution in [2.24, 2.45) is 11.1 Å². The van der Waals surface area contributed by atoms with Crippen LogP contribution in [-0.2, 0) is 4.79 Å². The summed E-state index contributed by atoms with van der Waals surface area (Å²) in [4.78, 5) is 26.3. The lowest BCUT2D eigenvalue weighted by Gasteiger charge is -2.22. The van der Waals surface area contributed by atoms with Crippen molar-refractivity contribution < 1.29 is 9.59 Å². The van der Waals surface area contributed by atoms with Crippen LogP contribution < -0.4 is 11.1 Å². The number of nitrogens with one attached hydrogen (secondary N) is 1. The second kappa shape index (κ2) is 6.37. The number of nitrogens with two attached hydrogens (primary N) is 1. The third kappa shape index (κ3) is 3.58. The number of carbonyl (C=O) groups excluding carboxylic acids is 2. The summed E-state index contributed by atoms with van der Waals surface area (Å²) in [6, 6.07) is 3.61. The summed E-state index contributed by atoms with van der Waals surface area (Å²) in [5.74, 6) is -0.0188. The molecule has 0 aromatic carbocycles. The minimum absolute atomic E-state index is 0.0515. The van der Waals surface area contributed by atoms with E-state index in [1.165, 1.54) is 11.3 Å². The Morgan fingerprint density at radius 1 is 1.55 bits per heavy atom. The lowest BCUT2D eigenvalue weighted by atomic mass is 9.90. The standard InChI is InChI=1S/C14H21N3O2S/c1-14(9-15)5-7-17(10-14)12(18)4-6-16-13(19)11-3-2-8-20-11/h2-3,8H,4-7,9-10,15H2,1H3,(H,16,19). The Balaban J connectivity index is 1.72. The Morgan fingerprint density at radius 2 is 2.35 bits per heavy atom. The quantitative estimate of drug-likeness (QED) is 0.853. The summed E-state index contributed by atoms with van der Waals surface area (Å²) in [5, 5.41) is 4.63. The van der Waals surface area contributed by atoms with E-state index in [2.05, 4.69) is 12.2 Å². The van der Waals surface area contributed by atoms with E-state index < -0.39 is 0 Å². The Bertz CT molecular complexity index is 475. The van der Waals surface area contributed by atoms with Crippen molar-refractivity contribution in [1.82, 2.24) is 10.2 Å². The zero-order valence-electron chi connectivity index (χ0n) is 11.7.